The Morgan fingerprint density at radius 1 is 1.29 bits per heavy atom. The highest BCUT2D eigenvalue weighted by molar-refractivity contribution is 5.87. The Balaban J connectivity index is 1.59. The smallest absolute Gasteiger partial charge is 0.271 e. The van der Waals surface area contributed by atoms with Crippen molar-refractivity contribution >= 4 is 11.6 Å². The SMILES string of the molecule is CNC/C=C/C(=O)N1CCCC(N(CC2CC2)c2cc(-c3ccncc3)c[nH]c2=O)C1. The number of rotatable bonds is 8. The van der Waals surface area contributed by atoms with Gasteiger partial charge in [0, 0.05) is 62.5 Å². The van der Waals surface area contributed by atoms with Crippen molar-refractivity contribution in [3.63, 3.8) is 0 Å². The molecule has 164 valence electrons. The molecule has 2 N–H and O–H groups in total. The summed E-state index contributed by atoms with van der Waals surface area (Å²) in [6.07, 6.45) is 13.1. The molecule has 1 atom stereocenters. The van der Waals surface area contributed by atoms with E-state index >= 15 is 0 Å². The quantitative estimate of drug-likeness (QED) is 0.640. The molecule has 3 heterocycles. The maximum absolute atomic E-state index is 12.9. The third-order valence-corrected chi connectivity index (χ3v) is 6.09. The number of anilines is 1. The molecule has 2 aliphatic rings. The number of likely N-dealkylation sites (tertiary alicyclic amines) is 1. The van der Waals surface area contributed by atoms with Gasteiger partial charge in [-0.3, -0.25) is 14.6 Å². The molecule has 2 aromatic heterocycles. The number of H-pyrrole nitrogens is 1. The fourth-order valence-electron chi connectivity index (χ4n) is 4.21. The first-order valence-corrected chi connectivity index (χ1v) is 11.2. The van der Waals surface area contributed by atoms with Crippen LogP contribution >= 0.6 is 0 Å². The van der Waals surface area contributed by atoms with Gasteiger partial charge < -0.3 is 20.1 Å². The minimum absolute atomic E-state index is 0.0470. The summed E-state index contributed by atoms with van der Waals surface area (Å²) in [5, 5.41) is 3.02. The van der Waals surface area contributed by atoms with Crippen LogP contribution in [0.1, 0.15) is 25.7 Å². The number of nitrogens with one attached hydrogen (secondary N) is 2. The first kappa shape index (κ1) is 21.3. The molecule has 4 rings (SSSR count). The van der Waals surface area contributed by atoms with E-state index in [9.17, 15) is 9.59 Å². The van der Waals surface area contributed by atoms with Gasteiger partial charge in [0.2, 0.25) is 5.91 Å². The highest BCUT2D eigenvalue weighted by Gasteiger charge is 2.33. The van der Waals surface area contributed by atoms with Gasteiger partial charge in [0.1, 0.15) is 5.69 Å². The summed E-state index contributed by atoms with van der Waals surface area (Å²) in [5.41, 5.74) is 2.62. The average molecular weight is 422 g/mol. The third-order valence-electron chi connectivity index (χ3n) is 6.09. The zero-order valence-electron chi connectivity index (χ0n) is 18.1. The highest BCUT2D eigenvalue weighted by Crippen LogP contribution is 2.33. The lowest BCUT2D eigenvalue weighted by Crippen LogP contribution is -2.51. The van der Waals surface area contributed by atoms with Crippen molar-refractivity contribution in [1.29, 1.82) is 0 Å². The summed E-state index contributed by atoms with van der Waals surface area (Å²) in [6.45, 7) is 2.96. The topological polar surface area (TPSA) is 81.3 Å². The van der Waals surface area contributed by atoms with Gasteiger partial charge in [0.15, 0.2) is 0 Å². The standard InChI is InChI=1S/C24H31N5O2/c1-25-10-2-5-23(30)28-13-3-4-21(17-28)29(16-18-6-7-18)22-14-20(15-27-24(22)31)19-8-11-26-12-9-19/h2,5,8-9,11-12,14-15,18,21,25H,3-4,6-7,10,13,16-17H2,1H3,(H,27,31)/b5-2+. The van der Waals surface area contributed by atoms with Gasteiger partial charge in [-0.05, 0) is 62.4 Å². The Morgan fingerprint density at radius 2 is 2.10 bits per heavy atom. The summed E-state index contributed by atoms with van der Waals surface area (Å²) in [4.78, 5) is 36.7. The van der Waals surface area contributed by atoms with Crippen LogP contribution in [0.25, 0.3) is 11.1 Å². The van der Waals surface area contributed by atoms with Crippen LogP contribution in [0.15, 0.2) is 53.7 Å². The summed E-state index contributed by atoms with van der Waals surface area (Å²) < 4.78 is 0. The molecule has 1 amide bonds. The largest absolute Gasteiger partial charge is 0.362 e. The maximum atomic E-state index is 12.9. The van der Waals surface area contributed by atoms with Crippen molar-refractivity contribution in [2.75, 3.05) is 38.1 Å². The Kier molecular flexibility index (Phi) is 6.82. The van der Waals surface area contributed by atoms with Crippen LogP contribution in [0.5, 0.6) is 0 Å². The number of amides is 1. The van der Waals surface area contributed by atoms with Crippen LogP contribution in [-0.4, -0.2) is 60.0 Å². The molecule has 1 unspecified atom stereocenters. The summed E-state index contributed by atoms with van der Waals surface area (Å²) in [6, 6.07) is 6.02. The van der Waals surface area contributed by atoms with E-state index in [-0.39, 0.29) is 17.5 Å². The lowest BCUT2D eigenvalue weighted by molar-refractivity contribution is -0.127. The van der Waals surface area contributed by atoms with Gasteiger partial charge in [0.25, 0.3) is 5.56 Å². The summed E-state index contributed by atoms with van der Waals surface area (Å²) >= 11 is 0. The molecule has 1 aliphatic heterocycles. The van der Waals surface area contributed by atoms with Crippen LogP contribution in [0, 0.1) is 5.92 Å². The van der Waals surface area contributed by atoms with E-state index in [1.807, 2.05) is 36.2 Å². The Morgan fingerprint density at radius 3 is 2.84 bits per heavy atom. The molecule has 0 bridgehead atoms. The van der Waals surface area contributed by atoms with E-state index < -0.39 is 0 Å². The van der Waals surface area contributed by atoms with Gasteiger partial charge in [-0.1, -0.05) is 6.08 Å². The van der Waals surface area contributed by atoms with Gasteiger partial charge in [-0.2, -0.15) is 0 Å². The first-order valence-electron chi connectivity index (χ1n) is 11.2. The predicted molar refractivity (Wildman–Crippen MR) is 123 cm³/mol. The lowest BCUT2D eigenvalue weighted by atomic mass is 10.0. The Bertz CT molecular complexity index is 967. The van der Waals surface area contributed by atoms with Gasteiger partial charge in [-0.15, -0.1) is 0 Å². The van der Waals surface area contributed by atoms with Crippen molar-refractivity contribution in [3.8, 4) is 11.1 Å². The van der Waals surface area contributed by atoms with E-state index in [2.05, 4.69) is 20.2 Å². The first-order chi connectivity index (χ1) is 15.2. The second-order valence-electron chi connectivity index (χ2n) is 8.47. The second-order valence-corrected chi connectivity index (χ2v) is 8.47. The monoisotopic (exact) mass is 421 g/mol. The Hall–Kier alpha value is -2.93. The summed E-state index contributed by atoms with van der Waals surface area (Å²) in [7, 11) is 1.86. The van der Waals surface area contributed by atoms with Crippen molar-refractivity contribution in [2.45, 2.75) is 31.7 Å². The van der Waals surface area contributed by atoms with E-state index in [4.69, 9.17) is 0 Å². The number of likely N-dealkylation sites (N-methyl/N-ethyl adjacent to an activating group) is 1. The number of pyridine rings is 2. The number of hydrogen-bond acceptors (Lipinski definition) is 5. The minimum Gasteiger partial charge on any atom is -0.362 e. The third kappa shape index (κ3) is 5.41. The van der Waals surface area contributed by atoms with E-state index in [1.54, 1.807) is 24.7 Å². The van der Waals surface area contributed by atoms with Gasteiger partial charge in [-0.25, -0.2) is 0 Å². The molecule has 1 saturated carbocycles. The number of nitrogens with zero attached hydrogens (tertiary/aromatic N) is 3. The molecule has 0 aromatic carbocycles. The number of aromatic nitrogens is 2. The van der Waals surface area contributed by atoms with Crippen molar-refractivity contribution in [1.82, 2.24) is 20.2 Å². The van der Waals surface area contributed by atoms with Crippen LogP contribution in [-0.2, 0) is 4.79 Å². The van der Waals surface area contributed by atoms with Crippen LogP contribution in [0.2, 0.25) is 0 Å². The predicted octanol–water partition coefficient (Wildman–Crippen LogP) is 2.42. The van der Waals surface area contributed by atoms with Crippen molar-refractivity contribution in [2.24, 2.45) is 5.92 Å². The number of hydrogen-bond donors (Lipinski definition) is 2. The Labute approximate surface area is 183 Å². The molecule has 7 nitrogen and oxygen atoms in total. The van der Waals surface area contributed by atoms with Crippen LogP contribution in [0.3, 0.4) is 0 Å². The molecule has 0 spiro atoms. The fourth-order valence-corrected chi connectivity index (χ4v) is 4.21. The molecule has 0 radical (unpaired) electrons. The fraction of sp³-hybridized carbons (Fsp3) is 0.458. The zero-order chi connectivity index (χ0) is 21.6. The number of piperidine rings is 1. The molecule has 1 aliphatic carbocycles. The molecule has 31 heavy (non-hydrogen) atoms. The van der Waals surface area contributed by atoms with Gasteiger partial charge >= 0.3 is 0 Å². The number of carbonyl (C=O) groups is 1. The number of carbonyl (C=O) groups excluding carboxylic acids is 1. The zero-order valence-corrected chi connectivity index (χ0v) is 18.1. The maximum Gasteiger partial charge on any atom is 0.271 e. The molecule has 1 saturated heterocycles. The van der Waals surface area contributed by atoms with E-state index in [0.717, 1.165) is 37.1 Å². The molecule has 7 heteroatoms. The van der Waals surface area contributed by atoms with Crippen molar-refractivity contribution < 1.29 is 4.79 Å². The van der Waals surface area contributed by atoms with E-state index in [1.165, 1.54) is 12.8 Å². The highest BCUT2D eigenvalue weighted by atomic mass is 16.2. The summed E-state index contributed by atoms with van der Waals surface area (Å²) in [5.74, 6) is 0.677. The average Bonchev–Trinajstić information content (AvgIpc) is 3.63. The van der Waals surface area contributed by atoms with Gasteiger partial charge in [0.05, 0.1) is 0 Å². The molecule has 2 fully saturated rings. The van der Waals surface area contributed by atoms with Crippen molar-refractivity contribution in [3.05, 3.63) is 59.3 Å². The molecular formula is C24H31N5O2. The molecular weight excluding hydrogens is 390 g/mol. The van der Waals surface area contributed by atoms with Crippen LogP contribution in [0.4, 0.5) is 5.69 Å². The number of aromatic amines is 1. The normalized spacial score (nSPS) is 19.0. The minimum atomic E-state index is -0.0733. The second kappa shape index (κ2) is 9.92. The van der Waals surface area contributed by atoms with Crippen LogP contribution < -0.4 is 15.8 Å². The van der Waals surface area contributed by atoms with E-state index in [0.29, 0.717) is 24.7 Å². The lowest BCUT2D eigenvalue weighted by Gasteiger charge is -2.40. The molecule has 2 aromatic rings.